The Hall–Kier alpha value is -1.63. The van der Waals surface area contributed by atoms with Gasteiger partial charge in [0.25, 0.3) is 0 Å². The van der Waals surface area contributed by atoms with Crippen LogP contribution in [0.1, 0.15) is 71.8 Å². The number of hydrogen-bond acceptors (Lipinski definition) is 4. The predicted octanol–water partition coefficient (Wildman–Crippen LogP) is 4.28. The third-order valence-electron chi connectivity index (χ3n) is 7.47. The van der Waals surface area contributed by atoms with Crippen LogP contribution in [0, 0.1) is 11.3 Å². The summed E-state index contributed by atoms with van der Waals surface area (Å²) in [5.41, 5.74) is 0.258. The summed E-state index contributed by atoms with van der Waals surface area (Å²) in [6.45, 7) is 9.72. The van der Waals surface area contributed by atoms with E-state index in [0.717, 1.165) is 44.2 Å². The van der Waals surface area contributed by atoms with Gasteiger partial charge in [0.15, 0.2) is 0 Å². The summed E-state index contributed by atoms with van der Waals surface area (Å²) in [5.74, 6) is 0.546. The zero-order valence-corrected chi connectivity index (χ0v) is 22.7. The molecule has 0 aromatic heterocycles. The van der Waals surface area contributed by atoms with Gasteiger partial charge in [0, 0.05) is 24.2 Å². The summed E-state index contributed by atoms with van der Waals surface area (Å²) < 4.78 is 0. The van der Waals surface area contributed by atoms with Crippen molar-refractivity contribution in [2.45, 2.75) is 90.8 Å². The highest BCUT2D eigenvalue weighted by molar-refractivity contribution is 6.30. The zero-order valence-electron chi connectivity index (χ0n) is 21.9. The maximum atomic E-state index is 13.7. The third kappa shape index (κ3) is 7.43. The smallest absolute Gasteiger partial charge is 0.240 e. The summed E-state index contributed by atoms with van der Waals surface area (Å²) in [6.07, 6.45) is 6.88. The van der Waals surface area contributed by atoms with E-state index in [4.69, 9.17) is 11.6 Å². The van der Waals surface area contributed by atoms with Gasteiger partial charge in [0.05, 0.1) is 24.1 Å². The van der Waals surface area contributed by atoms with Crippen LogP contribution in [0.3, 0.4) is 0 Å². The Morgan fingerprint density at radius 2 is 1.77 bits per heavy atom. The predicted molar refractivity (Wildman–Crippen MR) is 141 cm³/mol. The van der Waals surface area contributed by atoms with Crippen LogP contribution in [-0.4, -0.2) is 71.1 Å². The van der Waals surface area contributed by atoms with E-state index in [2.05, 4.69) is 24.1 Å². The molecule has 0 radical (unpaired) electrons. The van der Waals surface area contributed by atoms with Crippen molar-refractivity contribution in [3.63, 3.8) is 0 Å². The number of halogens is 1. The largest absolute Gasteiger partial charge is 0.395 e. The fourth-order valence-corrected chi connectivity index (χ4v) is 5.40. The van der Waals surface area contributed by atoms with Gasteiger partial charge in [-0.05, 0) is 69.7 Å². The Morgan fingerprint density at radius 1 is 1.11 bits per heavy atom. The molecule has 3 rings (SSSR count). The van der Waals surface area contributed by atoms with Gasteiger partial charge >= 0.3 is 0 Å². The molecule has 0 bridgehead atoms. The molecule has 35 heavy (non-hydrogen) atoms. The Bertz CT molecular complexity index is 836. The summed E-state index contributed by atoms with van der Waals surface area (Å²) in [7, 11) is 0. The molecule has 2 N–H and O–H groups in total. The second kappa shape index (κ2) is 12.6. The first-order chi connectivity index (χ1) is 16.6. The van der Waals surface area contributed by atoms with Crippen molar-refractivity contribution < 1.29 is 14.7 Å². The van der Waals surface area contributed by atoms with Crippen molar-refractivity contribution in [3.05, 3.63) is 34.9 Å². The van der Waals surface area contributed by atoms with Crippen LogP contribution in [0.5, 0.6) is 0 Å². The maximum absolute atomic E-state index is 13.7. The Balaban J connectivity index is 1.75. The van der Waals surface area contributed by atoms with Gasteiger partial charge in [0.2, 0.25) is 11.8 Å². The van der Waals surface area contributed by atoms with Crippen LogP contribution in [0.4, 0.5) is 0 Å². The molecule has 6 nitrogen and oxygen atoms in total. The number of aliphatic hydroxyl groups is 1. The maximum Gasteiger partial charge on any atom is 0.240 e. The van der Waals surface area contributed by atoms with Crippen molar-refractivity contribution in [2.24, 2.45) is 11.3 Å². The molecular weight excluding hydrogens is 462 g/mol. The molecular formula is C28H44ClN3O3. The second-order valence-corrected chi connectivity index (χ2v) is 11.9. The number of rotatable bonds is 10. The molecule has 196 valence electrons. The molecule has 1 heterocycles. The number of benzene rings is 1. The number of nitrogens with zero attached hydrogens (tertiary/aromatic N) is 2. The van der Waals surface area contributed by atoms with E-state index >= 15 is 0 Å². The van der Waals surface area contributed by atoms with Crippen molar-refractivity contribution >= 4 is 23.4 Å². The molecule has 1 aliphatic heterocycles. The van der Waals surface area contributed by atoms with E-state index in [9.17, 15) is 14.7 Å². The van der Waals surface area contributed by atoms with E-state index < -0.39 is 5.41 Å². The molecule has 1 aromatic rings. The van der Waals surface area contributed by atoms with Crippen LogP contribution in [0.15, 0.2) is 24.3 Å². The molecule has 0 unspecified atom stereocenters. The lowest BCUT2D eigenvalue weighted by Crippen LogP contribution is -2.55. The van der Waals surface area contributed by atoms with Gasteiger partial charge < -0.3 is 20.2 Å². The van der Waals surface area contributed by atoms with Crippen molar-refractivity contribution in [2.75, 3.05) is 26.2 Å². The number of aliphatic hydroxyl groups excluding tert-OH is 1. The summed E-state index contributed by atoms with van der Waals surface area (Å²) >= 11 is 6.06. The number of nitrogens with one attached hydrogen (secondary N) is 1. The van der Waals surface area contributed by atoms with Gasteiger partial charge in [-0.25, -0.2) is 0 Å². The normalized spacial score (nSPS) is 20.3. The first kappa shape index (κ1) is 27.9. The lowest BCUT2D eigenvalue weighted by atomic mass is 9.87. The van der Waals surface area contributed by atoms with Crippen molar-refractivity contribution in [3.8, 4) is 0 Å². The molecule has 2 atom stereocenters. The highest BCUT2D eigenvalue weighted by Gasteiger charge is 2.42. The first-order valence-corrected chi connectivity index (χ1v) is 13.7. The van der Waals surface area contributed by atoms with E-state index in [1.54, 1.807) is 0 Å². The highest BCUT2D eigenvalue weighted by Crippen LogP contribution is 2.32. The van der Waals surface area contributed by atoms with Crippen LogP contribution in [0.25, 0.3) is 0 Å². The van der Waals surface area contributed by atoms with Crippen LogP contribution in [-0.2, 0) is 16.0 Å². The molecule has 1 saturated carbocycles. The zero-order chi connectivity index (χ0) is 25.6. The van der Waals surface area contributed by atoms with Crippen LogP contribution < -0.4 is 5.32 Å². The quantitative estimate of drug-likeness (QED) is 0.498. The third-order valence-corrected chi connectivity index (χ3v) is 7.72. The van der Waals surface area contributed by atoms with Gasteiger partial charge in [-0.3, -0.25) is 9.59 Å². The number of amides is 2. The van der Waals surface area contributed by atoms with Crippen LogP contribution >= 0.6 is 11.6 Å². The topological polar surface area (TPSA) is 72.9 Å². The average Bonchev–Trinajstić information content (AvgIpc) is 3.33. The van der Waals surface area contributed by atoms with E-state index in [0.29, 0.717) is 30.5 Å². The molecule has 2 fully saturated rings. The minimum absolute atomic E-state index is 0.00153. The lowest BCUT2D eigenvalue weighted by molar-refractivity contribution is -0.149. The Morgan fingerprint density at radius 3 is 2.37 bits per heavy atom. The minimum Gasteiger partial charge on any atom is -0.395 e. The monoisotopic (exact) mass is 505 g/mol. The minimum atomic E-state index is -0.815. The molecule has 1 saturated heterocycles. The second-order valence-electron chi connectivity index (χ2n) is 11.5. The fraction of sp³-hybridized carbons (Fsp3) is 0.714. The SMILES string of the molecule is CC(C)CN[C@H](Cc1ccc(Cl)cc1)C(=O)N1CC[C@H](N(C(=O)C(C)(C)CO)C2CCCCC2)C1. The molecule has 1 aromatic carbocycles. The van der Waals surface area contributed by atoms with Gasteiger partial charge in [-0.1, -0.05) is 56.8 Å². The fourth-order valence-electron chi connectivity index (χ4n) is 5.28. The summed E-state index contributed by atoms with van der Waals surface area (Å²) in [6, 6.07) is 7.57. The van der Waals surface area contributed by atoms with E-state index in [1.165, 1.54) is 6.42 Å². The number of carbonyl (C=O) groups excluding carboxylic acids is 2. The molecule has 7 heteroatoms. The number of likely N-dealkylation sites (tertiary alicyclic amines) is 1. The average molecular weight is 506 g/mol. The lowest BCUT2D eigenvalue weighted by Gasteiger charge is -2.42. The Kier molecular flexibility index (Phi) is 10.0. The Labute approximate surface area is 216 Å². The van der Waals surface area contributed by atoms with Crippen molar-refractivity contribution in [1.82, 2.24) is 15.1 Å². The summed E-state index contributed by atoms with van der Waals surface area (Å²) in [5, 5.41) is 14.1. The van der Waals surface area contributed by atoms with Gasteiger partial charge in [-0.2, -0.15) is 0 Å². The molecule has 1 aliphatic carbocycles. The van der Waals surface area contributed by atoms with E-state index in [1.807, 2.05) is 43.0 Å². The summed E-state index contributed by atoms with van der Waals surface area (Å²) in [4.78, 5) is 31.3. The molecule has 2 amide bonds. The van der Waals surface area contributed by atoms with Gasteiger partial charge in [-0.15, -0.1) is 0 Å². The molecule has 2 aliphatic rings. The number of carbonyl (C=O) groups is 2. The van der Waals surface area contributed by atoms with Gasteiger partial charge in [0.1, 0.15) is 0 Å². The van der Waals surface area contributed by atoms with E-state index in [-0.39, 0.29) is 36.5 Å². The standard InChI is InChI=1S/C28H44ClN3O3/c1-20(2)17-30-25(16-21-10-12-22(29)13-11-21)26(34)31-15-14-24(18-31)32(23-8-6-5-7-9-23)27(35)28(3,4)19-33/h10-13,20,23-25,30,33H,5-9,14-19H2,1-4H3/t24-,25+/m0/s1. The van der Waals surface area contributed by atoms with Crippen molar-refractivity contribution in [1.29, 1.82) is 0 Å². The molecule has 0 spiro atoms. The highest BCUT2D eigenvalue weighted by atomic mass is 35.5. The number of hydrogen-bond donors (Lipinski definition) is 2. The van der Waals surface area contributed by atoms with Crippen LogP contribution in [0.2, 0.25) is 5.02 Å². The first-order valence-electron chi connectivity index (χ1n) is 13.3.